The van der Waals surface area contributed by atoms with E-state index < -0.39 is 0 Å². The van der Waals surface area contributed by atoms with E-state index >= 15 is 0 Å². The maximum absolute atomic E-state index is 13.0. The van der Waals surface area contributed by atoms with Gasteiger partial charge in [-0.15, -0.1) is 0 Å². The standard InChI is InChI=1S/C21H23N5O/c1-16(2)26(14-18-6-4-3-5-7-18)21(27)19-12-20(25-15-24-19)23-13-17-8-10-22-11-9-17/h3-12,15-16H,13-14H2,1-2H3,(H,23,24,25). The molecule has 0 atom stereocenters. The number of aromatic nitrogens is 3. The number of rotatable bonds is 7. The fourth-order valence-corrected chi connectivity index (χ4v) is 2.68. The molecule has 0 fully saturated rings. The number of hydrogen-bond acceptors (Lipinski definition) is 5. The van der Waals surface area contributed by atoms with E-state index in [0.29, 0.717) is 24.6 Å². The van der Waals surface area contributed by atoms with E-state index in [2.05, 4.69) is 20.3 Å². The van der Waals surface area contributed by atoms with Gasteiger partial charge in [0.15, 0.2) is 0 Å². The Labute approximate surface area is 159 Å². The van der Waals surface area contributed by atoms with E-state index in [1.807, 2.05) is 61.2 Å². The van der Waals surface area contributed by atoms with Crippen molar-refractivity contribution in [3.8, 4) is 0 Å². The van der Waals surface area contributed by atoms with Gasteiger partial charge < -0.3 is 10.2 Å². The maximum Gasteiger partial charge on any atom is 0.273 e. The van der Waals surface area contributed by atoms with Crippen molar-refractivity contribution in [1.82, 2.24) is 19.9 Å². The van der Waals surface area contributed by atoms with Crippen molar-refractivity contribution in [2.24, 2.45) is 0 Å². The minimum atomic E-state index is -0.108. The number of nitrogens with zero attached hydrogens (tertiary/aromatic N) is 4. The smallest absolute Gasteiger partial charge is 0.273 e. The summed E-state index contributed by atoms with van der Waals surface area (Å²) in [6.45, 7) is 5.15. The lowest BCUT2D eigenvalue weighted by Gasteiger charge is -2.26. The average molecular weight is 361 g/mol. The molecule has 0 saturated carbocycles. The van der Waals surface area contributed by atoms with Crippen LogP contribution in [0, 0.1) is 0 Å². The Hall–Kier alpha value is -3.28. The SMILES string of the molecule is CC(C)N(Cc1ccccc1)C(=O)c1cc(NCc2ccncc2)ncn1. The number of pyridine rings is 1. The Bertz CT molecular complexity index is 868. The third-order valence-corrected chi connectivity index (χ3v) is 4.19. The Balaban J connectivity index is 1.72. The van der Waals surface area contributed by atoms with Gasteiger partial charge in [-0.2, -0.15) is 0 Å². The van der Waals surface area contributed by atoms with E-state index in [1.54, 1.807) is 18.5 Å². The van der Waals surface area contributed by atoms with E-state index in [0.717, 1.165) is 11.1 Å². The lowest BCUT2D eigenvalue weighted by molar-refractivity contribution is 0.0684. The topological polar surface area (TPSA) is 71.0 Å². The quantitative estimate of drug-likeness (QED) is 0.697. The molecule has 138 valence electrons. The van der Waals surface area contributed by atoms with Crippen LogP contribution < -0.4 is 5.32 Å². The van der Waals surface area contributed by atoms with Crippen LogP contribution in [0.1, 0.15) is 35.5 Å². The first kappa shape index (κ1) is 18.5. The van der Waals surface area contributed by atoms with Crippen molar-refractivity contribution >= 4 is 11.7 Å². The summed E-state index contributed by atoms with van der Waals surface area (Å²) in [5.74, 6) is 0.511. The van der Waals surface area contributed by atoms with Gasteiger partial charge in [-0.1, -0.05) is 30.3 Å². The number of nitrogens with one attached hydrogen (secondary N) is 1. The Kier molecular flexibility index (Phi) is 6.10. The predicted octanol–water partition coefficient (Wildman–Crippen LogP) is 3.53. The Morgan fingerprint density at radius 1 is 1.04 bits per heavy atom. The van der Waals surface area contributed by atoms with Gasteiger partial charge in [-0.05, 0) is 37.1 Å². The number of amides is 1. The summed E-state index contributed by atoms with van der Waals surface area (Å²) in [4.78, 5) is 27.2. The molecule has 0 aliphatic rings. The molecule has 2 aromatic heterocycles. The minimum absolute atomic E-state index is 0.0564. The van der Waals surface area contributed by atoms with Crippen molar-refractivity contribution in [2.45, 2.75) is 33.0 Å². The molecule has 0 spiro atoms. The molecular formula is C21H23N5O. The van der Waals surface area contributed by atoms with E-state index in [9.17, 15) is 4.79 Å². The highest BCUT2D eigenvalue weighted by molar-refractivity contribution is 5.93. The summed E-state index contributed by atoms with van der Waals surface area (Å²) in [6, 6.07) is 15.6. The molecule has 1 N–H and O–H groups in total. The van der Waals surface area contributed by atoms with Crippen molar-refractivity contribution in [3.05, 3.63) is 84.1 Å². The van der Waals surface area contributed by atoms with E-state index in [4.69, 9.17) is 0 Å². The highest BCUT2D eigenvalue weighted by Gasteiger charge is 2.20. The molecule has 0 radical (unpaired) electrons. The fraction of sp³-hybridized carbons (Fsp3) is 0.238. The van der Waals surface area contributed by atoms with Crippen molar-refractivity contribution < 1.29 is 4.79 Å². The molecule has 1 amide bonds. The van der Waals surface area contributed by atoms with Crippen LogP contribution in [0.5, 0.6) is 0 Å². The molecule has 6 heteroatoms. The van der Waals surface area contributed by atoms with E-state index in [1.165, 1.54) is 6.33 Å². The van der Waals surface area contributed by atoms with Gasteiger partial charge in [-0.3, -0.25) is 9.78 Å². The molecule has 3 aromatic rings. The first-order chi connectivity index (χ1) is 13.1. The highest BCUT2D eigenvalue weighted by Crippen LogP contribution is 2.14. The van der Waals surface area contributed by atoms with Crippen molar-refractivity contribution in [2.75, 3.05) is 5.32 Å². The van der Waals surface area contributed by atoms with Crippen molar-refractivity contribution in [1.29, 1.82) is 0 Å². The van der Waals surface area contributed by atoms with Gasteiger partial charge in [0.1, 0.15) is 17.8 Å². The summed E-state index contributed by atoms with van der Waals surface area (Å²) in [7, 11) is 0. The van der Waals surface area contributed by atoms with Gasteiger partial charge in [0.2, 0.25) is 0 Å². The second kappa shape index (κ2) is 8.89. The van der Waals surface area contributed by atoms with Gasteiger partial charge in [0.25, 0.3) is 5.91 Å². The molecule has 0 aliphatic heterocycles. The second-order valence-electron chi connectivity index (χ2n) is 6.51. The van der Waals surface area contributed by atoms with Crippen LogP contribution in [0.3, 0.4) is 0 Å². The molecule has 0 unspecified atom stereocenters. The Morgan fingerprint density at radius 2 is 1.78 bits per heavy atom. The summed E-state index contributed by atoms with van der Waals surface area (Å²) >= 11 is 0. The third-order valence-electron chi connectivity index (χ3n) is 4.19. The summed E-state index contributed by atoms with van der Waals surface area (Å²) in [6.07, 6.45) is 4.91. The van der Waals surface area contributed by atoms with Crippen LogP contribution in [-0.2, 0) is 13.1 Å². The van der Waals surface area contributed by atoms with Crippen LogP contribution in [0.4, 0.5) is 5.82 Å². The van der Waals surface area contributed by atoms with Crippen LogP contribution in [0.2, 0.25) is 0 Å². The number of benzene rings is 1. The monoisotopic (exact) mass is 361 g/mol. The van der Waals surface area contributed by atoms with E-state index in [-0.39, 0.29) is 11.9 Å². The largest absolute Gasteiger partial charge is 0.366 e. The van der Waals surface area contributed by atoms with Gasteiger partial charge in [-0.25, -0.2) is 9.97 Å². The molecule has 27 heavy (non-hydrogen) atoms. The molecule has 3 rings (SSSR count). The predicted molar refractivity (Wildman–Crippen MR) is 105 cm³/mol. The van der Waals surface area contributed by atoms with Crippen LogP contribution >= 0.6 is 0 Å². The molecule has 0 aliphatic carbocycles. The molecule has 6 nitrogen and oxygen atoms in total. The van der Waals surface area contributed by atoms with Crippen LogP contribution in [0.25, 0.3) is 0 Å². The van der Waals surface area contributed by atoms with Crippen LogP contribution in [0.15, 0.2) is 67.3 Å². The average Bonchev–Trinajstić information content (AvgIpc) is 2.71. The molecule has 0 bridgehead atoms. The molecule has 0 saturated heterocycles. The number of hydrogen-bond donors (Lipinski definition) is 1. The molecule has 1 aromatic carbocycles. The maximum atomic E-state index is 13.0. The molecular weight excluding hydrogens is 338 g/mol. The van der Waals surface area contributed by atoms with Gasteiger partial charge in [0, 0.05) is 37.6 Å². The third kappa shape index (κ3) is 5.10. The fourth-order valence-electron chi connectivity index (χ4n) is 2.68. The normalized spacial score (nSPS) is 10.6. The second-order valence-corrected chi connectivity index (χ2v) is 6.51. The summed E-state index contributed by atoms with van der Waals surface area (Å²) < 4.78 is 0. The molecule has 2 heterocycles. The highest BCUT2D eigenvalue weighted by atomic mass is 16.2. The summed E-state index contributed by atoms with van der Waals surface area (Å²) in [5, 5.41) is 3.22. The zero-order chi connectivity index (χ0) is 19.1. The zero-order valence-electron chi connectivity index (χ0n) is 15.5. The first-order valence-electron chi connectivity index (χ1n) is 8.93. The van der Waals surface area contributed by atoms with Crippen LogP contribution in [-0.4, -0.2) is 31.8 Å². The lowest BCUT2D eigenvalue weighted by atomic mass is 10.1. The van der Waals surface area contributed by atoms with Gasteiger partial charge in [0.05, 0.1) is 0 Å². The van der Waals surface area contributed by atoms with Crippen molar-refractivity contribution in [3.63, 3.8) is 0 Å². The summed E-state index contributed by atoms with van der Waals surface area (Å²) in [5.41, 5.74) is 2.56. The number of carbonyl (C=O) groups is 1. The lowest BCUT2D eigenvalue weighted by Crippen LogP contribution is -2.36. The Morgan fingerprint density at radius 3 is 2.48 bits per heavy atom. The zero-order valence-corrected chi connectivity index (χ0v) is 15.5. The van der Waals surface area contributed by atoms with Gasteiger partial charge >= 0.3 is 0 Å². The number of carbonyl (C=O) groups excluding carboxylic acids is 1. The first-order valence-corrected chi connectivity index (χ1v) is 8.93. The number of anilines is 1. The minimum Gasteiger partial charge on any atom is -0.366 e.